The number of carbonyl (C=O) groups excluding carboxylic acids is 2. The first kappa shape index (κ1) is 23.5. The summed E-state index contributed by atoms with van der Waals surface area (Å²) < 4.78 is 5.44. The second kappa shape index (κ2) is 9.53. The Morgan fingerprint density at radius 3 is 2.23 bits per heavy atom. The van der Waals surface area contributed by atoms with E-state index in [4.69, 9.17) is 4.74 Å². The zero-order chi connectivity index (χ0) is 22.6. The van der Waals surface area contributed by atoms with Crippen LogP contribution in [0.2, 0.25) is 0 Å². The molecule has 2 aliphatic heterocycles. The number of amides is 2. The molecule has 1 aromatic rings. The average molecular weight is 432 g/mol. The SMILES string of the molecule is CN1CCC(N2CCN(C(=O)[C@@](C)(NC(=O)OC(C)(C)C)c3ccccn3)CC2)CC1. The molecule has 0 bridgehead atoms. The largest absolute Gasteiger partial charge is 0.444 e. The van der Waals surface area contributed by atoms with Gasteiger partial charge in [0.05, 0.1) is 5.69 Å². The zero-order valence-electron chi connectivity index (χ0n) is 19.6. The first-order valence-corrected chi connectivity index (χ1v) is 11.2. The molecule has 1 aromatic heterocycles. The van der Waals surface area contributed by atoms with Crippen LogP contribution in [0.3, 0.4) is 0 Å². The molecule has 0 saturated carbocycles. The van der Waals surface area contributed by atoms with Crippen LogP contribution in [0.15, 0.2) is 24.4 Å². The highest BCUT2D eigenvalue weighted by Gasteiger charge is 2.43. The summed E-state index contributed by atoms with van der Waals surface area (Å²) in [4.78, 5) is 37.3. The van der Waals surface area contributed by atoms with E-state index in [1.807, 2.05) is 11.0 Å². The van der Waals surface area contributed by atoms with Crippen LogP contribution in [0.1, 0.15) is 46.2 Å². The molecule has 0 spiro atoms. The maximum atomic E-state index is 13.6. The van der Waals surface area contributed by atoms with E-state index in [-0.39, 0.29) is 5.91 Å². The van der Waals surface area contributed by atoms with Gasteiger partial charge < -0.3 is 19.9 Å². The summed E-state index contributed by atoms with van der Waals surface area (Å²) in [7, 11) is 2.17. The van der Waals surface area contributed by atoms with Gasteiger partial charge in [-0.25, -0.2) is 4.79 Å². The van der Waals surface area contributed by atoms with Crippen LogP contribution >= 0.6 is 0 Å². The fraction of sp³-hybridized carbons (Fsp3) is 0.696. The van der Waals surface area contributed by atoms with E-state index in [1.165, 1.54) is 12.8 Å². The van der Waals surface area contributed by atoms with Crippen molar-refractivity contribution in [2.24, 2.45) is 0 Å². The van der Waals surface area contributed by atoms with Gasteiger partial charge in [-0.05, 0) is 72.8 Å². The van der Waals surface area contributed by atoms with Crippen molar-refractivity contribution in [2.45, 2.75) is 57.7 Å². The highest BCUT2D eigenvalue weighted by Crippen LogP contribution is 2.25. The molecule has 2 saturated heterocycles. The lowest BCUT2D eigenvalue weighted by Crippen LogP contribution is -2.61. The molecule has 8 nitrogen and oxygen atoms in total. The molecule has 2 aliphatic rings. The first-order chi connectivity index (χ1) is 14.6. The van der Waals surface area contributed by atoms with E-state index >= 15 is 0 Å². The Bertz CT molecular complexity index is 750. The number of ether oxygens (including phenoxy) is 1. The molecule has 2 fully saturated rings. The number of hydrogen-bond acceptors (Lipinski definition) is 6. The number of likely N-dealkylation sites (tertiary alicyclic amines) is 1. The van der Waals surface area contributed by atoms with Crippen LogP contribution in [0, 0.1) is 0 Å². The molecule has 0 aliphatic carbocycles. The van der Waals surface area contributed by atoms with E-state index in [0.717, 1.165) is 26.2 Å². The molecule has 2 amide bonds. The van der Waals surface area contributed by atoms with Crippen LogP contribution in [0.25, 0.3) is 0 Å². The molecule has 3 heterocycles. The third kappa shape index (κ3) is 5.95. The van der Waals surface area contributed by atoms with E-state index in [0.29, 0.717) is 24.8 Å². The lowest BCUT2D eigenvalue weighted by molar-refractivity contribution is -0.140. The van der Waals surface area contributed by atoms with Crippen molar-refractivity contribution in [3.05, 3.63) is 30.1 Å². The van der Waals surface area contributed by atoms with Gasteiger partial charge in [0.25, 0.3) is 5.91 Å². The molecule has 172 valence electrons. The van der Waals surface area contributed by atoms with E-state index in [1.54, 1.807) is 46.0 Å². The van der Waals surface area contributed by atoms with Crippen LogP contribution < -0.4 is 5.32 Å². The van der Waals surface area contributed by atoms with Gasteiger partial charge >= 0.3 is 6.09 Å². The minimum atomic E-state index is -1.29. The third-order valence-electron chi connectivity index (χ3n) is 6.16. The summed E-state index contributed by atoms with van der Waals surface area (Å²) in [6.45, 7) is 12.4. The highest BCUT2D eigenvalue weighted by atomic mass is 16.6. The summed E-state index contributed by atoms with van der Waals surface area (Å²) in [5.41, 5.74) is -1.44. The van der Waals surface area contributed by atoms with Crippen LogP contribution in [-0.2, 0) is 15.1 Å². The maximum Gasteiger partial charge on any atom is 0.408 e. The summed E-state index contributed by atoms with van der Waals surface area (Å²) in [6, 6.07) is 5.98. The molecule has 1 N–H and O–H groups in total. The molecular weight excluding hydrogens is 394 g/mol. The number of piperazine rings is 1. The number of carbonyl (C=O) groups is 2. The lowest BCUT2D eigenvalue weighted by atomic mass is 9.94. The highest BCUT2D eigenvalue weighted by molar-refractivity contribution is 5.90. The molecule has 0 unspecified atom stereocenters. The average Bonchev–Trinajstić information content (AvgIpc) is 2.73. The van der Waals surface area contributed by atoms with Gasteiger partial charge in [-0.2, -0.15) is 0 Å². The Kier molecular flexibility index (Phi) is 7.21. The van der Waals surface area contributed by atoms with Gasteiger partial charge in [-0.15, -0.1) is 0 Å². The van der Waals surface area contributed by atoms with Gasteiger partial charge in [0.2, 0.25) is 0 Å². The van der Waals surface area contributed by atoms with Crippen molar-refractivity contribution in [3.8, 4) is 0 Å². The van der Waals surface area contributed by atoms with Crippen molar-refractivity contribution < 1.29 is 14.3 Å². The number of pyridine rings is 1. The van der Waals surface area contributed by atoms with Crippen molar-refractivity contribution in [1.82, 2.24) is 25.0 Å². The smallest absolute Gasteiger partial charge is 0.408 e. The normalized spacial score (nSPS) is 21.4. The summed E-state index contributed by atoms with van der Waals surface area (Å²) in [5.74, 6) is -0.153. The van der Waals surface area contributed by atoms with Crippen LogP contribution in [0.4, 0.5) is 4.79 Å². The zero-order valence-corrected chi connectivity index (χ0v) is 19.6. The van der Waals surface area contributed by atoms with Gasteiger partial charge in [0.15, 0.2) is 5.54 Å². The number of hydrogen-bond donors (Lipinski definition) is 1. The molecule has 8 heteroatoms. The Hall–Kier alpha value is -2.19. The van der Waals surface area contributed by atoms with Gasteiger partial charge in [0, 0.05) is 38.4 Å². The maximum absolute atomic E-state index is 13.6. The molecule has 0 radical (unpaired) electrons. The van der Waals surface area contributed by atoms with Crippen molar-refractivity contribution in [1.29, 1.82) is 0 Å². The Morgan fingerprint density at radius 1 is 1.03 bits per heavy atom. The number of piperidine rings is 1. The quantitative estimate of drug-likeness (QED) is 0.786. The van der Waals surface area contributed by atoms with E-state index < -0.39 is 17.2 Å². The Morgan fingerprint density at radius 2 is 1.68 bits per heavy atom. The standard InChI is InChI=1S/C23H37N5O3/c1-22(2,3)31-21(30)25-23(4,19-8-6-7-11-24-19)20(29)28-16-14-27(15-17-28)18-9-12-26(5)13-10-18/h6-8,11,18H,9-10,12-17H2,1-5H3,(H,25,30)/t23-/m0/s1. The number of aromatic nitrogens is 1. The number of rotatable bonds is 4. The predicted molar refractivity (Wildman–Crippen MR) is 120 cm³/mol. The fourth-order valence-corrected chi connectivity index (χ4v) is 4.36. The monoisotopic (exact) mass is 431 g/mol. The fourth-order valence-electron chi connectivity index (χ4n) is 4.36. The summed E-state index contributed by atoms with van der Waals surface area (Å²) >= 11 is 0. The Labute approximate surface area is 185 Å². The van der Waals surface area contributed by atoms with E-state index in [9.17, 15) is 9.59 Å². The van der Waals surface area contributed by atoms with Gasteiger partial charge in [-0.1, -0.05) is 6.07 Å². The van der Waals surface area contributed by atoms with Crippen LogP contribution in [0.5, 0.6) is 0 Å². The summed E-state index contributed by atoms with van der Waals surface area (Å²) in [6.07, 6.45) is 3.36. The van der Waals surface area contributed by atoms with Gasteiger partial charge in [-0.3, -0.25) is 14.7 Å². The minimum Gasteiger partial charge on any atom is -0.444 e. The molecule has 31 heavy (non-hydrogen) atoms. The minimum absolute atomic E-state index is 0.153. The van der Waals surface area contributed by atoms with Crippen molar-refractivity contribution in [2.75, 3.05) is 46.3 Å². The summed E-state index contributed by atoms with van der Waals surface area (Å²) in [5, 5.41) is 2.81. The van der Waals surface area contributed by atoms with Gasteiger partial charge in [0.1, 0.15) is 5.60 Å². The topological polar surface area (TPSA) is 78.0 Å². The predicted octanol–water partition coefficient (Wildman–Crippen LogP) is 2.06. The van der Waals surface area contributed by atoms with E-state index in [2.05, 4.69) is 27.1 Å². The number of nitrogens with one attached hydrogen (secondary N) is 1. The molecule has 0 aromatic carbocycles. The Balaban J connectivity index is 1.70. The second-order valence-electron chi connectivity index (χ2n) is 9.83. The third-order valence-corrected chi connectivity index (χ3v) is 6.16. The van der Waals surface area contributed by atoms with Crippen molar-refractivity contribution >= 4 is 12.0 Å². The number of nitrogens with zero attached hydrogens (tertiary/aromatic N) is 4. The first-order valence-electron chi connectivity index (χ1n) is 11.2. The van der Waals surface area contributed by atoms with Crippen molar-refractivity contribution in [3.63, 3.8) is 0 Å². The molecule has 1 atom stereocenters. The molecular formula is C23H37N5O3. The van der Waals surface area contributed by atoms with Crippen LogP contribution in [-0.4, -0.2) is 89.6 Å². The molecule has 3 rings (SSSR count). The lowest BCUT2D eigenvalue weighted by Gasteiger charge is -2.44. The second-order valence-corrected chi connectivity index (χ2v) is 9.83. The number of alkyl carbamates (subject to hydrolysis) is 1.